The van der Waals surface area contributed by atoms with E-state index in [2.05, 4.69) is 30.7 Å². The van der Waals surface area contributed by atoms with Crippen LogP contribution in [0, 0.1) is 6.92 Å². The van der Waals surface area contributed by atoms with E-state index >= 15 is 0 Å². The van der Waals surface area contributed by atoms with Gasteiger partial charge < -0.3 is 10.3 Å². The van der Waals surface area contributed by atoms with Crippen LogP contribution in [0.2, 0.25) is 0 Å². The Kier molecular flexibility index (Phi) is 18.9. The first-order valence-corrected chi connectivity index (χ1v) is 10.7. The van der Waals surface area contributed by atoms with Crippen molar-refractivity contribution in [2.45, 2.75) is 18.4 Å². The molecule has 0 saturated heterocycles. The number of aliphatic imine (C=N–C) groups is 1. The number of hydroxylamine groups is 1. The molecule has 2 aromatic heterocycles. The Morgan fingerprint density at radius 2 is 2.00 bits per heavy atom. The van der Waals surface area contributed by atoms with Gasteiger partial charge in [-0.25, -0.2) is 15.4 Å². The third-order valence-electron chi connectivity index (χ3n) is 3.04. The third kappa shape index (κ3) is 11.9. The standard InChI is InChI=1S/C14H22N6OS3.3ClH/c1-11-12(19-10-18-11)8-22-5-2-16-14(20-21)17-3-6-23-9-13-15-4-7-24-13;;;/h4,7,10,21H,2-3,5-6,8-9H2,1H3,(H,18,19)(H2,16,17,20);3*1H. The quantitative estimate of drug-likeness (QED) is 0.173. The summed E-state index contributed by atoms with van der Waals surface area (Å²) in [5.74, 6) is 4.04. The lowest BCUT2D eigenvalue weighted by atomic mass is 10.4. The van der Waals surface area contributed by atoms with Gasteiger partial charge in [-0.3, -0.25) is 10.2 Å². The second-order valence-electron chi connectivity index (χ2n) is 4.77. The van der Waals surface area contributed by atoms with Crippen molar-refractivity contribution < 1.29 is 5.21 Å². The lowest BCUT2D eigenvalue weighted by Crippen LogP contribution is -2.36. The lowest BCUT2D eigenvalue weighted by molar-refractivity contribution is 0.229. The van der Waals surface area contributed by atoms with Crippen LogP contribution in [0.15, 0.2) is 22.9 Å². The molecule has 0 amide bonds. The van der Waals surface area contributed by atoms with Gasteiger partial charge in [-0.15, -0.1) is 48.6 Å². The molecule has 2 heterocycles. The van der Waals surface area contributed by atoms with Crippen molar-refractivity contribution in [2.75, 3.05) is 24.6 Å². The van der Waals surface area contributed by atoms with Gasteiger partial charge in [0.25, 0.3) is 0 Å². The monoisotopic (exact) mass is 494 g/mol. The number of hydrogen-bond acceptors (Lipinski definition) is 7. The highest BCUT2D eigenvalue weighted by Gasteiger charge is 2.01. The molecule has 7 nitrogen and oxygen atoms in total. The number of nitrogens with zero attached hydrogens (tertiary/aromatic N) is 3. The summed E-state index contributed by atoms with van der Waals surface area (Å²) in [6.45, 7) is 3.38. The number of thioether (sulfide) groups is 2. The highest BCUT2D eigenvalue weighted by molar-refractivity contribution is 7.98. The molecule has 0 radical (unpaired) electrons. The molecule has 13 heteroatoms. The molecule has 156 valence electrons. The molecule has 0 fully saturated rings. The van der Waals surface area contributed by atoms with Gasteiger partial charge in [-0.1, -0.05) is 0 Å². The molecule has 0 bridgehead atoms. The van der Waals surface area contributed by atoms with Crippen LogP contribution in [0.3, 0.4) is 0 Å². The molecule has 0 saturated carbocycles. The fraction of sp³-hybridized carbons (Fsp3) is 0.500. The summed E-state index contributed by atoms with van der Waals surface area (Å²) in [5, 5.41) is 15.3. The van der Waals surface area contributed by atoms with Gasteiger partial charge in [0.05, 0.1) is 18.6 Å². The number of guanidine groups is 1. The fourth-order valence-electron chi connectivity index (χ4n) is 1.79. The van der Waals surface area contributed by atoms with Crippen LogP contribution in [-0.4, -0.2) is 50.7 Å². The minimum Gasteiger partial charge on any atom is -0.354 e. The summed E-state index contributed by atoms with van der Waals surface area (Å²) in [4.78, 5) is 15.8. The van der Waals surface area contributed by atoms with Gasteiger partial charge in [-0.2, -0.15) is 23.5 Å². The van der Waals surface area contributed by atoms with E-state index in [1.807, 2.05) is 18.5 Å². The van der Waals surface area contributed by atoms with Crippen LogP contribution >= 0.6 is 72.1 Å². The Labute approximate surface area is 190 Å². The fourth-order valence-corrected chi connectivity index (χ4v) is 4.21. The average molecular weight is 496 g/mol. The van der Waals surface area contributed by atoms with E-state index in [1.165, 1.54) is 0 Å². The van der Waals surface area contributed by atoms with Gasteiger partial charge in [0, 0.05) is 46.8 Å². The highest BCUT2D eigenvalue weighted by atomic mass is 35.5. The molecular weight excluding hydrogens is 471 g/mol. The number of aromatic nitrogens is 3. The molecule has 27 heavy (non-hydrogen) atoms. The second-order valence-corrected chi connectivity index (χ2v) is 7.96. The van der Waals surface area contributed by atoms with Gasteiger partial charge in [0.2, 0.25) is 5.96 Å². The number of hydrogen-bond donors (Lipinski definition) is 4. The Morgan fingerprint density at radius 1 is 1.22 bits per heavy atom. The number of thiazole rings is 1. The van der Waals surface area contributed by atoms with Crippen LogP contribution < -0.4 is 10.8 Å². The topological polar surface area (TPSA) is 98.2 Å². The van der Waals surface area contributed by atoms with Crippen molar-refractivity contribution in [2.24, 2.45) is 4.99 Å². The van der Waals surface area contributed by atoms with E-state index in [4.69, 9.17) is 5.21 Å². The van der Waals surface area contributed by atoms with Crippen LogP contribution in [0.4, 0.5) is 0 Å². The lowest BCUT2D eigenvalue weighted by Gasteiger charge is -2.08. The summed E-state index contributed by atoms with van der Waals surface area (Å²) in [7, 11) is 0. The molecule has 0 spiro atoms. The van der Waals surface area contributed by atoms with E-state index < -0.39 is 0 Å². The highest BCUT2D eigenvalue weighted by Crippen LogP contribution is 2.14. The van der Waals surface area contributed by atoms with E-state index in [9.17, 15) is 0 Å². The predicted molar refractivity (Wildman–Crippen MR) is 125 cm³/mol. The number of rotatable bonds is 10. The third-order valence-corrected chi connectivity index (χ3v) is 5.94. The maximum Gasteiger partial charge on any atom is 0.215 e. The van der Waals surface area contributed by atoms with E-state index in [1.54, 1.807) is 41.2 Å². The molecule has 0 aliphatic carbocycles. The van der Waals surface area contributed by atoms with Crippen LogP contribution in [0.25, 0.3) is 0 Å². The van der Waals surface area contributed by atoms with Crippen molar-refractivity contribution in [1.82, 2.24) is 25.7 Å². The van der Waals surface area contributed by atoms with Gasteiger partial charge in [0.1, 0.15) is 5.01 Å². The molecule has 0 atom stereocenters. The maximum atomic E-state index is 9.10. The minimum absolute atomic E-state index is 0. The number of nitrogens with one attached hydrogen (secondary N) is 3. The number of imidazole rings is 1. The first-order chi connectivity index (χ1) is 11.8. The number of halogens is 3. The summed E-state index contributed by atoms with van der Waals surface area (Å²) in [6.07, 6.45) is 3.54. The summed E-state index contributed by atoms with van der Waals surface area (Å²) in [6, 6.07) is 0. The maximum absolute atomic E-state index is 9.10. The van der Waals surface area contributed by atoms with Gasteiger partial charge >= 0.3 is 0 Å². The van der Waals surface area contributed by atoms with E-state index in [0.29, 0.717) is 12.5 Å². The van der Waals surface area contributed by atoms with Crippen molar-refractivity contribution >= 4 is 78.0 Å². The Balaban J connectivity index is 0. The Morgan fingerprint density at radius 3 is 2.63 bits per heavy atom. The Hall–Kier alpha value is -0.360. The number of H-pyrrole nitrogens is 1. The zero-order chi connectivity index (χ0) is 17.0. The molecule has 4 N–H and O–H groups in total. The van der Waals surface area contributed by atoms with Gasteiger partial charge in [0.15, 0.2) is 0 Å². The molecule has 2 rings (SSSR count). The van der Waals surface area contributed by atoms with E-state index in [-0.39, 0.29) is 37.2 Å². The number of aryl methyl sites for hydroxylation is 1. The van der Waals surface area contributed by atoms with Crippen LogP contribution in [0.1, 0.15) is 16.4 Å². The molecule has 2 aromatic rings. The average Bonchev–Trinajstić information content (AvgIpc) is 3.24. The Bertz CT molecular complexity index is 615. The zero-order valence-electron chi connectivity index (χ0n) is 14.7. The normalized spacial score (nSPS) is 10.4. The number of aromatic amines is 1. The van der Waals surface area contributed by atoms with Crippen molar-refractivity contribution in [1.29, 1.82) is 0 Å². The smallest absolute Gasteiger partial charge is 0.215 e. The van der Waals surface area contributed by atoms with Crippen molar-refractivity contribution in [3.63, 3.8) is 0 Å². The van der Waals surface area contributed by atoms with E-state index in [0.717, 1.165) is 46.0 Å². The summed E-state index contributed by atoms with van der Waals surface area (Å²) >= 11 is 5.25. The second kappa shape index (κ2) is 17.7. The first kappa shape index (κ1) is 28.8. The van der Waals surface area contributed by atoms with Crippen molar-refractivity contribution in [3.8, 4) is 0 Å². The molecule has 0 aliphatic heterocycles. The summed E-state index contributed by atoms with van der Waals surface area (Å²) < 4.78 is 0. The van der Waals surface area contributed by atoms with Gasteiger partial charge in [-0.05, 0) is 6.92 Å². The molecular formula is C14H25Cl3N6OS3. The van der Waals surface area contributed by atoms with Crippen LogP contribution in [-0.2, 0) is 11.5 Å². The first-order valence-electron chi connectivity index (χ1n) is 7.50. The summed E-state index contributed by atoms with van der Waals surface area (Å²) in [5.41, 5.74) is 4.32. The minimum atomic E-state index is 0. The predicted octanol–water partition coefficient (Wildman–Crippen LogP) is 3.53. The molecule has 0 aromatic carbocycles. The SMILES string of the molecule is Cc1nc[nH]c1CSCCN/C(=N/CCSCc1nccs1)NO.Cl.Cl.Cl. The van der Waals surface area contributed by atoms with Crippen molar-refractivity contribution in [3.05, 3.63) is 34.3 Å². The van der Waals surface area contributed by atoms with Crippen LogP contribution in [0.5, 0.6) is 0 Å². The molecule has 0 unspecified atom stereocenters. The zero-order valence-corrected chi connectivity index (χ0v) is 19.6. The molecule has 0 aliphatic rings. The largest absolute Gasteiger partial charge is 0.354 e.